The van der Waals surface area contributed by atoms with Crippen LogP contribution in [-0.2, 0) is 16.1 Å². The van der Waals surface area contributed by atoms with E-state index in [-0.39, 0.29) is 23.2 Å². The van der Waals surface area contributed by atoms with Crippen molar-refractivity contribution in [1.29, 1.82) is 0 Å². The standard InChI is InChI=1S/C27H25N3O4/c1-19(2)30-26(32)23-16-10-9-15-22(23)25(28-30)27(33)34-18-24(31)29(21-13-7-4-8-14-21)17-20-11-5-3-6-12-20/h3-16,19H,17-18H2,1-2H3. The topological polar surface area (TPSA) is 81.5 Å². The Bertz CT molecular complexity index is 1370. The summed E-state index contributed by atoms with van der Waals surface area (Å²) in [4.78, 5) is 40.4. The number of carbonyl (C=O) groups excluding carboxylic acids is 2. The number of benzene rings is 3. The summed E-state index contributed by atoms with van der Waals surface area (Å²) in [5.41, 5.74) is 1.37. The summed E-state index contributed by atoms with van der Waals surface area (Å²) in [7, 11) is 0. The number of hydrogen-bond acceptors (Lipinski definition) is 5. The predicted molar refractivity (Wildman–Crippen MR) is 131 cm³/mol. The van der Waals surface area contributed by atoms with E-state index in [0.717, 1.165) is 5.56 Å². The highest BCUT2D eigenvalue weighted by Gasteiger charge is 2.22. The predicted octanol–water partition coefficient (Wildman–Crippen LogP) is 4.37. The number of para-hydroxylation sites is 1. The summed E-state index contributed by atoms with van der Waals surface area (Å²) in [6.45, 7) is 3.49. The Morgan fingerprint density at radius 3 is 2.12 bits per heavy atom. The molecule has 1 aromatic heterocycles. The van der Waals surface area contributed by atoms with Crippen molar-refractivity contribution < 1.29 is 14.3 Å². The van der Waals surface area contributed by atoms with E-state index in [1.165, 1.54) is 4.68 Å². The lowest BCUT2D eigenvalue weighted by atomic mass is 10.1. The SMILES string of the molecule is CC(C)n1nc(C(=O)OCC(=O)N(Cc2ccccc2)c2ccccc2)c2ccccc2c1=O. The van der Waals surface area contributed by atoms with Gasteiger partial charge in [-0.3, -0.25) is 9.59 Å². The lowest BCUT2D eigenvalue weighted by Gasteiger charge is -2.23. The number of amides is 1. The maximum atomic E-state index is 13.1. The van der Waals surface area contributed by atoms with Gasteiger partial charge in [0.05, 0.1) is 18.0 Å². The first-order valence-electron chi connectivity index (χ1n) is 11.0. The molecule has 0 aliphatic rings. The van der Waals surface area contributed by atoms with Gasteiger partial charge >= 0.3 is 5.97 Å². The molecule has 0 fully saturated rings. The molecule has 0 bridgehead atoms. The van der Waals surface area contributed by atoms with Crippen molar-refractivity contribution in [3.63, 3.8) is 0 Å². The summed E-state index contributed by atoms with van der Waals surface area (Å²) in [6, 6.07) is 25.3. The lowest BCUT2D eigenvalue weighted by molar-refractivity contribution is -0.121. The summed E-state index contributed by atoms with van der Waals surface area (Å²) < 4.78 is 6.66. The molecule has 0 spiro atoms. The maximum absolute atomic E-state index is 13.1. The highest BCUT2D eigenvalue weighted by Crippen LogP contribution is 2.19. The number of rotatable bonds is 7. The highest BCUT2D eigenvalue weighted by atomic mass is 16.5. The third-order valence-corrected chi connectivity index (χ3v) is 5.39. The maximum Gasteiger partial charge on any atom is 0.359 e. The number of fused-ring (bicyclic) bond motifs is 1. The second-order valence-electron chi connectivity index (χ2n) is 8.11. The van der Waals surface area contributed by atoms with Gasteiger partial charge in [-0.2, -0.15) is 5.10 Å². The van der Waals surface area contributed by atoms with Crippen LogP contribution < -0.4 is 10.5 Å². The molecule has 0 radical (unpaired) electrons. The Labute approximate surface area is 197 Å². The van der Waals surface area contributed by atoms with Crippen molar-refractivity contribution in [1.82, 2.24) is 9.78 Å². The van der Waals surface area contributed by atoms with Gasteiger partial charge in [-0.15, -0.1) is 0 Å². The molecule has 0 unspecified atom stereocenters. The fourth-order valence-corrected chi connectivity index (χ4v) is 3.68. The largest absolute Gasteiger partial charge is 0.451 e. The van der Waals surface area contributed by atoms with Crippen LogP contribution in [0.1, 0.15) is 35.9 Å². The molecule has 7 heteroatoms. The fraction of sp³-hybridized carbons (Fsp3) is 0.185. The van der Waals surface area contributed by atoms with E-state index in [2.05, 4.69) is 5.10 Å². The minimum absolute atomic E-state index is 0.00557. The van der Waals surface area contributed by atoms with Crippen molar-refractivity contribution in [3.8, 4) is 0 Å². The number of esters is 1. The third kappa shape index (κ3) is 4.88. The molecule has 4 rings (SSSR count). The quantitative estimate of drug-likeness (QED) is 0.387. The Hall–Kier alpha value is -4.26. The molecule has 7 nitrogen and oxygen atoms in total. The van der Waals surface area contributed by atoms with E-state index < -0.39 is 12.6 Å². The molecular formula is C27H25N3O4. The number of ether oxygens (including phenoxy) is 1. The van der Waals surface area contributed by atoms with Gasteiger partial charge < -0.3 is 9.64 Å². The van der Waals surface area contributed by atoms with E-state index in [1.54, 1.807) is 29.2 Å². The van der Waals surface area contributed by atoms with Gasteiger partial charge in [-0.05, 0) is 37.6 Å². The molecular weight excluding hydrogens is 430 g/mol. The molecule has 0 aliphatic heterocycles. The molecule has 1 heterocycles. The van der Waals surface area contributed by atoms with Crippen LogP contribution in [0.25, 0.3) is 10.8 Å². The number of hydrogen-bond donors (Lipinski definition) is 0. The fourth-order valence-electron chi connectivity index (χ4n) is 3.68. The average Bonchev–Trinajstić information content (AvgIpc) is 2.87. The Kier molecular flexibility index (Phi) is 6.82. The van der Waals surface area contributed by atoms with E-state index in [1.807, 2.05) is 74.5 Å². The van der Waals surface area contributed by atoms with Crippen LogP contribution in [0.5, 0.6) is 0 Å². The zero-order valence-electron chi connectivity index (χ0n) is 19.0. The first-order chi connectivity index (χ1) is 16.5. The molecule has 0 saturated heterocycles. The van der Waals surface area contributed by atoms with Gasteiger partial charge in [0.15, 0.2) is 12.3 Å². The number of anilines is 1. The molecule has 1 amide bonds. The van der Waals surface area contributed by atoms with Crippen LogP contribution in [0.2, 0.25) is 0 Å². The van der Waals surface area contributed by atoms with Gasteiger partial charge in [-0.1, -0.05) is 66.7 Å². The molecule has 0 atom stereocenters. The second kappa shape index (κ2) is 10.1. The third-order valence-electron chi connectivity index (χ3n) is 5.39. The highest BCUT2D eigenvalue weighted by molar-refractivity contribution is 6.03. The Morgan fingerprint density at radius 2 is 1.47 bits per heavy atom. The van der Waals surface area contributed by atoms with E-state index in [9.17, 15) is 14.4 Å². The Balaban J connectivity index is 1.59. The molecule has 0 saturated carbocycles. The zero-order chi connectivity index (χ0) is 24.1. The van der Waals surface area contributed by atoms with Gasteiger partial charge in [0.25, 0.3) is 11.5 Å². The number of aromatic nitrogens is 2. The van der Waals surface area contributed by atoms with E-state index in [0.29, 0.717) is 23.0 Å². The summed E-state index contributed by atoms with van der Waals surface area (Å²) in [6.07, 6.45) is 0. The average molecular weight is 456 g/mol. The molecule has 4 aromatic rings. The van der Waals surface area contributed by atoms with Crippen molar-refractivity contribution in [3.05, 3.63) is 107 Å². The van der Waals surface area contributed by atoms with Crippen molar-refractivity contribution >= 4 is 28.3 Å². The first-order valence-corrected chi connectivity index (χ1v) is 11.0. The molecule has 0 aliphatic carbocycles. The smallest absolute Gasteiger partial charge is 0.359 e. The molecule has 34 heavy (non-hydrogen) atoms. The van der Waals surface area contributed by atoms with Crippen molar-refractivity contribution in [2.45, 2.75) is 26.4 Å². The Morgan fingerprint density at radius 1 is 0.882 bits per heavy atom. The van der Waals surface area contributed by atoms with Gasteiger partial charge in [-0.25, -0.2) is 9.48 Å². The minimum atomic E-state index is -0.758. The van der Waals surface area contributed by atoms with Crippen molar-refractivity contribution in [2.75, 3.05) is 11.5 Å². The second-order valence-corrected chi connectivity index (χ2v) is 8.11. The zero-order valence-corrected chi connectivity index (χ0v) is 19.0. The van der Waals surface area contributed by atoms with E-state index >= 15 is 0 Å². The van der Waals surface area contributed by atoms with Crippen LogP contribution in [0, 0.1) is 0 Å². The summed E-state index contributed by atoms with van der Waals surface area (Å²) in [5.74, 6) is -1.13. The molecule has 172 valence electrons. The number of nitrogens with zero attached hydrogens (tertiary/aromatic N) is 3. The van der Waals surface area contributed by atoms with Gasteiger partial charge in [0, 0.05) is 11.1 Å². The van der Waals surface area contributed by atoms with Crippen LogP contribution >= 0.6 is 0 Å². The van der Waals surface area contributed by atoms with Crippen molar-refractivity contribution in [2.24, 2.45) is 0 Å². The van der Waals surface area contributed by atoms with Gasteiger partial charge in [0.1, 0.15) is 0 Å². The summed E-state index contributed by atoms with van der Waals surface area (Å²) >= 11 is 0. The number of carbonyl (C=O) groups is 2. The van der Waals surface area contributed by atoms with Crippen LogP contribution in [0.4, 0.5) is 5.69 Å². The van der Waals surface area contributed by atoms with Gasteiger partial charge in [0.2, 0.25) is 0 Å². The first kappa shape index (κ1) is 22.9. The lowest BCUT2D eigenvalue weighted by Crippen LogP contribution is -2.35. The van der Waals surface area contributed by atoms with Crippen LogP contribution in [0.15, 0.2) is 89.7 Å². The normalized spacial score (nSPS) is 10.9. The molecule has 3 aromatic carbocycles. The molecule has 0 N–H and O–H groups in total. The van der Waals surface area contributed by atoms with Crippen LogP contribution in [-0.4, -0.2) is 28.3 Å². The summed E-state index contributed by atoms with van der Waals surface area (Å²) in [5, 5.41) is 5.02. The van der Waals surface area contributed by atoms with Crippen LogP contribution in [0.3, 0.4) is 0 Å². The minimum Gasteiger partial charge on any atom is -0.451 e. The van der Waals surface area contributed by atoms with E-state index in [4.69, 9.17) is 4.74 Å². The monoisotopic (exact) mass is 455 g/mol.